The zero-order valence-corrected chi connectivity index (χ0v) is 16.6. The van der Waals surface area contributed by atoms with Crippen LogP contribution in [0.25, 0.3) is 0 Å². The van der Waals surface area contributed by atoms with Crippen LogP contribution in [-0.4, -0.2) is 5.97 Å². The Morgan fingerprint density at radius 2 is 1.07 bits per heavy atom. The Balaban J connectivity index is 1.33. The van der Waals surface area contributed by atoms with Crippen molar-refractivity contribution in [3.63, 3.8) is 0 Å². The van der Waals surface area contributed by atoms with Gasteiger partial charge in [0, 0.05) is 6.42 Å². The number of ether oxygens (including phenoxy) is 1. The Bertz CT molecular complexity index is 607. The second-order valence-electron chi connectivity index (χ2n) is 7.31. The van der Waals surface area contributed by atoms with Crippen LogP contribution in [0.5, 0.6) is 5.75 Å². The Kier molecular flexibility index (Phi) is 11.0. The predicted octanol–water partition coefficient (Wildman–Crippen LogP) is 7.13. The SMILES string of the molecule is O=C(CCCCCCCCCCCCc1ccccc1)Oc1ccccc1. The Morgan fingerprint density at radius 1 is 0.593 bits per heavy atom. The molecule has 27 heavy (non-hydrogen) atoms. The molecule has 146 valence electrons. The Morgan fingerprint density at radius 3 is 1.67 bits per heavy atom. The average molecular weight is 367 g/mol. The molecule has 2 heteroatoms. The van der Waals surface area contributed by atoms with E-state index in [1.807, 2.05) is 30.3 Å². The normalized spacial score (nSPS) is 10.7. The Labute approximate surface area is 165 Å². The molecule has 2 aromatic rings. The second-order valence-corrected chi connectivity index (χ2v) is 7.31. The topological polar surface area (TPSA) is 26.3 Å². The maximum Gasteiger partial charge on any atom is 0.311 e. The number of aryl methyl sites for hydroxylation is 1. The van der Waals surface area contributed by atoms with Crippen LogP contribution in [0.1, 0.15) is 76.2 Å². The summed E-state index contributed by atoms with van der Waals surface area (Å²) in [6.45, 7) is 0. The highest BCUT2D eigenvalue weighted by Crippen LogP contribution is 2.14. The van der Waals surface area contributed by atoms with Gasteiger partial charge in [0.25, 0.3) is 0 Å². The van der Waals surface area contributed by atoms with Gasteiger partial charge in [-0.15, -0.1) is 0 Å². The van der Waals surface area contributed by atoms with Crippen LogP contribution in [0.2, 0.25) is 0 Å². The van der Waals surface area contributed by atoms with Gasteiger partial charge in [-0.1, -0.05) is 99.9 Å². The second kappa shape index (κ2) is 14.0. The van der Waals surface area contributed by atoms with Crippen molar-refractivity contribution in [2.24, 2.45) is 0 Å². The molecule has 0 radical (unpaired) electrons. The molecule has 0 atom stereocenters. The van der Waals surface area contributed by atoms with Crippen LogP contribution < -0.4 is 4.74 Å². The van der Waals surface area contributed by atoms with Crippen molar-refractivity contribution in [3.05, 3.63) is 66.2 Å². The summed E-state index contributed by atoms with van der Waals surface area (Å²) in [4.78, 5) is 11.7. The summed E-state index contributed by atoms with van der Waals surface area (Å²) in [5.41, 5.74) is 1.46. The van der Waals surface area contributed by atoms with Gasteiger partial charge in [-0.25, -0.2) is 0 Å². The summed E-state index contributed by atoms with van der Waals surface area (Å²) in [6, 6.07) is 20.1. The van der Waals surface area contributed by atoms with E-state index in [4.69, 9.17) is 4.74 Å². The highest BCUT2D eigenvalue weighted by molar-refractivity contribution is 5.72. The molecule has 0 heterocycles. The Hall–Kier alpha value is -2.09. The van der Waals surface area contributed by atoms with Gasteiger partial charge < -0.3 is 4.74 Å². The lowest BCUT2D eigenvalue weighted by Gasteiger charge is -2.05. The van der Waals surface area contributed by atoms with Crippen molar-refractivity contribution in [1.82, 2.24) is 0 Å². The van der Waals surface area contributed by atoms with Gasteiger partial charge in [-0.05, 0) is 37.0 Å². The maximum absolute atomic E-state index is 11.7. The van der Waals surface area contributed by atoms with Crippen LogP contribution in [0.3, 0.4) is 0 Å². The van der Waals surface area contributed by atoms with E-state index < -0.39 is 0 Å². The monoisotopic (exact) mass is 366 g/mol. The van der Waals surface area contributed by atoms with Crippen molar-refractivity contribution < 1.29 is 9.53 Å². The summed E-state index contributed by atoms with van der Waals surface area (Å²) >= 11 is 0. The zero-order valence-electron chi connectivity index (χ0n) is 16.6. The quantitative estimate of drug-likeness (QED) is 0.202. The first kappa shape index (κ1) is 21.2. The van der Waals surface area contributed by atoms with Gasteiger partial charge in [-0.2, -0.15) is 0 Å². The molecule has 0 bridgehead atoms. The number of benzene rings is 2. The highest BCUT2D eigenvalue weighted by atomic mass is 16.5. The smallest absolute Gasteiger partial charge is 0.311 e. The molecule has 0 saturated heterocycles. The first-order chi connectivity index (χ1) is 13.3. The third kappa shape index (κ3) is 10.6. The molecule has 0 fully saturated rings. The molecule has 2 aromatic carbocycles. The summed E-state index contributed by atoms with van der Waals surface area (Å²) in [5, 5.41) is 0. The molecular formula is C25H34O2. The number of para-hydroxylation sites is 1. The lowest BCUT2D eigenvalue weighted by Crippen LogP contribution is -2.07. The van der Waals surface area contributed by atoms with E-state index in [1.54, 1.807) is 0 Å². The number of carbonyl (C=O) groups is 1. The van der Waals surface area contributed by atoms with Crippen LogP contribution in [-0.2, 0) is 11.2 Å². The molecule has 0 aliphatic carbocycles. The fraction of sp³-hybridized carbons (Fsp3) is 0.480. The van der Waals surface area contributed by atoms with Crippen molar-refractivity contribution in [2.45, 2.75) is 77.0 Å². The molecular weight excluding hydrogens is 332 g/mol. The highest BCUT2D eigenvalue weighted by Gasteiger charge is 2.03. The molecule has 0 saturated carbocycles. The van der Waals surface area contributed by atoms with E-state index >= 15 is 0 Å². The van der Waals surface area contributed by atoms with E-state index in [2.05, 4.69) is 30.3 Å². The van der Waals surface area contributed by atoms with E-state index in [0.29, 0.717) is 12.2 Å². The number of hydrogen-bond donors (Lipinski definition) is 0. The van der Waals surface area contributed by atoms with E-state index in [1.165, 1.54) is 63.4 Å². The number of carbonyl (C=O) groups excluding carboxylic acids is 1. The number of unbranched alkanes of at least 4 members (excludes halogenated alkanes) is 9. The predicted molar refractivity (Wildman–Crippen MR) is 113 cm³/mol. The first-order valence-electron chi connectivity index (χ1n) is 10.6. The average Bonchev–Trinajstić information content (AvgIpc) is 2.70. The molecule has 0 N–H and O–H groups in total. The van der Waals surface area contributed by atoms with Gasteiger partial charge in [0.1, 0.15) is 5.75 Å². The summed E-state index contributed by atoms with van der Waals surface area (Å²) < 4.78 is 5.30. The number of hydrogen-bond acceptors (Lipinski definition) is 2. The molecule has 0 unspecified atom stereocenters. The summed E-state index contributed by atoms with van der Waals surface area (Å²) in [5.74, 6) is 0.531. The molecule has 0 aliphatic heterocycles. The first-order valence-corrected chi connectivity index (χ1v) is 10.6. The van der Waals surface area contributed by atoms with Crippen LogP contribution in [0.4, 0.5) is 0 Å². The van der Waals surface area contributed by atoms with Crippen LogP contribution >= 0.6 is 0 Å². The van der Waals surface area contributed by atoms with Crippen molar-refractivity contribution in [2.75, 3.05) is 0 Å². The summed E-state index contributed by atoms with van der Waals surface area (Å²) in [6.07, 6.45) is 14.4. The van der Waals surface area contributed by atoms with E-state index in [-0.39, 0.29) is 5.97 Å². The minimum atomic E-state index is -0.114. The summed E-state index contributed by atoms with van der Waals surface area (Å²) in [7, 11) is 0. The minimum Gasteiger partial charge on any atom is -0.427 e. The van der Waals surface area contributed by atoms with Crippen LogP contribution in [0.15, 0.2) is 60.7 Å². The van der Waals surface area contributed by atoms with Gasteiger partial charge in [-0.3, -0.25) is 4.79 Å². The molecule has 2 nitrogen and oxygen atoms in total. The third-order valence-electron chi connectivity index (χ3n) is 4.91. The fourth-order valence-corrected chi connectivity index (χ4v) is 3.33. The lowest BCUT2D eigenvalue weighted by atomic mass is 10.0. The molecule has 0 aliphatic rings. The van der Waals surface area contributed by atoms with Gasteiger partial charge in [0.05, 0.1) is 0 Å². The lowest BCUT2D eigenvalue weighted by molar-refractivity contribution is -0.134. The van der Waals surface area contributed by atoms with Crippen LogP contribution in [0, 0.1) is 0 Å². The third-order valence-corrected chi connectivity index (χ3v) is 4.91. The largest absolute Gasteiger partial charge is 0.427 e. The van der Waals surface area contributed by atoms with E-state index in [9.17, 15) is 4.79 Å². The van der Waals surface area contributed by atoms with Gasteiger partial charge >= 0.3 is 5.97 Å². The molecule has 0 spiro atoms. The standard InChI is InChI=1S/C25H34O2/c26-25(27-24-20-14-10-15-21-24)22-16-8-6-4-2-1-3-5-7-11-17-23-18-12-9-13-19-23/h9-10,12-15,18-21H,1-8,11,16-17,22H2. The van der Waals surface area contributed by atoms with Crippen molar-refractivity contribution >= 4 is 5.97 Å². The molecule has 2 rings (SSSR count). The maximum atomic E-state index is 11.7. The van der Waals surface area contributed by atoms with E-state index in [0.717, 1.165) is 12.8 Å². The molecule has 0 amide bonds. The fourth-order valence-electron chi connectivity index (χ4n) is 3.33. The number of rotatable bonds is 14. The number of esters is 1. The van der Waals surface area contributed by atoms with Crippen molar-refractivity contribution in [3.8, 4) is 5.75 Å². The van der Waals surface area contributed by atoms with Gasteiger partial charge in [0.15, 0.2) is 0 Å². The van der Waals surface area contributed by atoms with Crippen molar-refractivity contribution in [1.29, 1.82) is 0 Å². The molecule has 0 aromatic heterocycles. The zero-order chi connectivity index (χ0) is 19.0. The minimum absolute atomic E-state index is 0.114. The van der Waals surface area contributed by atoms with Gasteiger partial charge in [0.2, 0.25) is 0 Å².